The number of halogens is 1. The first-order chi connectivity index (χ1) is 8.09. The van der Waals surface area contributed by atoms with Crippen LogP contribution in [0.4, 0.5) is 0 Å². The van der Waals surface area contributed by atoms with Crippen LogP contribution in [0, 0.1) is 0 Å². The number of aromatic nitrogens is 1. The van der Waals surface area contributed by atoms with Crippen molar-refractivity contribution in [2.24, 2.45) is 0 Å². The maximum atomic E-state index is 12.4. The van der Waals surface area contributed by atoms with Crippen LogP contribution in [0.3, 0.4) is 0 Å². The number of carbonyl (C=O) groups is 1. The number of piperazine rings is 1. The topological polar surface area (TPSA) is 37.3 Å². The molecule has 1 aliphatic heterocycles. The fourth-order valence-electron chi connectivity index (χ4n) is 2.30. The molecule has 1 aromatic heterocycles. The van der Waals surface area contributed by atoms with Crippen molar-refractivity contribution < 1.29 is 4.79 Å². The lowest BCUT2D eigenvalue weighted by molar-refractivity contribution is 0.0696. The molecule has 1 amide bonds. The van der Waals surface area contributed by atoms with E-state index in [-0.39, 0.29) is 18.3 Å². The highest BCUT2D eigenvalue weighted by atomic mass is 35.5. The molecule has 0 spiro atoms. The van der Waals surface area contributed by atoms with E-state index >= 15 is 0 Å². The van der Waals surface area contributed by atoms with Crippen molar-refractivity contribution in [3.63, 3.8) is 0 Å². The Labute approximate surface area is 115 Å². The Kier molecular flexibility index (Phi) is 5.23. The van der Waals surface area contributed by atoms with Gasteiger partial charge < -0.3 is 14.8 Å². The molecule has 0 aliphatic carbocycles. The molecular formula is C13H22ClN3O. The van der Waals surface area contributed by atoms with Crippen LogP contribution in [0.2, 0.25) is 0 Å². The van der Waals surface area contributed by atoms with Crippen molar-refractivity contribution in [1.82, 2.24) is 14.8 Å². The molecule has 2 rings (SSSR count). The third-order valence-electron chi connectivity index (χ3n) is 3.21. The number of rotatable bonds is 2. The maximum absolute atomic E-state index is 12.4. The third-order valence-corrected chi connectivity index (χ3v) is 3.21. The summed E-state index contributed by atoms with van der Waals surface area (Å²) in [6.45, 7) is 8.78. The predicted molar refractivity (Wildman–Crippen MR) is 75.4 cm³/mol. The zero-order valence-corrected chi connectivity index (χ0v) is 12.0. The lowest BCUT2D eigenvalue weighted by atomic mass is 10.2. The van der Waals surface area contributed by atoms with Gasteiger partial charge in [0, 0.05) is 37.9 Å². The summed E-state index contributed by atoms with van der Waals surface area (Å²) in [7, 11) is 0. The Hall–Kier alpha value is -1.00. The molecule has 4 nitrogen and oxygen atoms in total. The minimum absolute atomic E-state index is 0. The molecule has 2 heterocycles. The van der Waals surface area contributed by atoms with E-state index in [2.05, 4.69) is 26.1 Å². The summed E-state index contributed by atoms with van der Waals surface area (Å²) in [5.74, 6) is 0.150. The quantitative estimate of drug-likeness (QED) is 0.892. The van der Waals surface area contributed by atoms with Crippen molar-refractivity contribution in [3.8, 4) is 0 Å². The Morgan fingerprint density at radius 1 is 1.50 bits per heavy atom. The Morgan fingerprint density at radius 2 is 2.22 bits per heavy atom. The van der Waals surface area contributed by atoms with Crippen LogP contribution in [0.15, 0.2) is 18.3 Å². The van der Waals surface area contributed by atoms with Crippen LogP contribution in [-0.4, -0.2) is 41.1 Å². The van der Waals surface area contributed by atoms with Crippen LogP contribution in [-0.2, 0) is 0 Å². The highest BCUT2D eigenvalue weighted by molar-refractivity contribution is 5.93. The van der Waals surface area contributed by atoms with E-state index in [4.69, 9.17) is 0 Å². The lowest BCUT2D eigenvalue weighted by Gasteiger charge is -2.32. The Balaban J connectivity index is 0.00000162. The molecule has 5 heteroatoms. The average molecular weight is 272 g/mol. The summed E-state index contributed by atoms with van der Waals surface area (Å²) < 4.78 is 2.04. The second-order valence-corrected chi connectivity index (χ2v) is 5.00. The second kappa shape index (κ2) is 6.25. The summed E-state index contributed by atoms with van der Waals surface area (Å²) in [5, 5.41) is 3.35. The summed E-state index contributed by atoms with van der Waals surface area (Å²) >= 11 is 0. The van der Waals surface area contributed by atoms with E-state index in [0.29, 0.717) is 12.1 Å². The van der Waals surface area contributed by atoms with E-state index < -0.39 is 0 Å². The van der Waals surface area contributed by atoms with Gasteiger partial charge in [-0.25, -0.2) is 0 Å². The van der Waals surface area contributed by atoms with Gasteiger partial charge in [-0.3, -0.25) is 4.79 Å². The van der Waals surface area contributed by atoms with E-state index in [1.807, 2.05) is 27.8 Å². The molecule has 0 saturated carbocycles. The van der Waals surface area contributed by atoms with Crippen molar-refractivity contribution in [2.75, 3.05) is 19.6 Å². The van der Waals surface area contributed by atoms with Crippen LogP contribution in [0.25, 0.3) is 0 Å². The van der Waals surface area contributed by atoms with Crippen LogP contribution >= 0.6 is 12.4 Å². The smallest absolute Gasteiger partial charge is 0.270 e. The molecule has 0 radical (unpaired) electrons. The van der Waals surface area contributed by atoms with Crippen molar-refractivity contribution in [2.45, 2.75) is 32.9 Å². The SMILES string of the molecule is CC(C)n1cccc1C(=O)N1CCN[C@H](C)C1.Cl. The molecule has 0 aromatic carbocycles. The third kappa shape index (κ3) is 3.06. The number of hydrogen-bond donors (Lipinski definition) is 1. The van der Waals surface area contributed by atoms with Gasteiger partial charge in [-0.15, -0.1) is 12.4 Å². The summed E-state index contributed by atoms with van der Waals surface area (Å²) in [6.07, 6.45) is 1.98. The first-order valence-corrected chi connectivity index (χ1v) is 6.29. The second-order valence-electron chi connectivity index (χ2n) is 5.00. The molecule has 0 bridgehead atoms. The molecule has 1 fully saturated rings. The zero-order valence-electron chi connectivity index (χ0n) is 11.2. The predicted octanol–water partition coefficient (Wildman–Crippen LogP) is 1.92. The van der Waals surface area contributed by atoms with Gasteiger partial charge in [0.05, 0.1) is 0 Å². The molecule has 1 aliphatic rings. The van der Waals surface area contributed by atoms with Gasteiger partial charge in [0.25, 0.3) is 5.91 Å². The molecule has 1 atom stereocenters. The number of carbonyl (C=O) groups excluding carboxylic acids is 1. The van der Waals surface area contributed by atoms with Crippen LogP contribution < -0.4 is 5.32 Å². The Morgan fingerprint density at radius 3 is 2.83 bits per heavy atom. The van der Waals surface area contributed by atoms with Crippen LogP contribution in [0.5, 0.6) is 0 Å². The monoisotopic (exact) mass is 271 g/mol. The zero-order chi connectivity index (χ0) is 12.4. The molecular weight excluding hydrogens is 250 g/mol. The summed E-state index contributed by atoms with van der Waals surface area (Å²) in [4.78, 5) is 14.3. The van der Waals surface area contributed by atoms with Gasteiger partial charge in [-0.2, -0.15) is 0 Å². The normalized spacial score (nSPS) is 19.8. The molecule has 1 saturated heterocycles. The van der Waals surface area contributed by atoms with Gasteiger partial charge in [0.1, 0.15) is 5.69 Å². The van der Waals surface area contributed by atoms with E-state index in [0.717, 1.165) is 25.3 Å². The lowest BCUT2D eigenvalue weighted by Crippen LogP contribution is -2.51. The van der Waals surface area contributed by atoms with Crippen molar-refractivity contribution in [3.05, 3.63) is 24.0 Å². The van der Waals surface area contributed by atoms with Crippen LogP contribution in [0.1, 0.15) is 37.3 Å². The highest BCUT2D eigenvalue weighted by Crippen LogP contribution is 2.14. The van der Waals surface area contributed by atoms with Gasteiger partial charge in [-0.1, -0.05) is 0 Å². The number of amides is 1. The minimum Gasteiger partial charge on any atom is -0.341 e. The van der Waals surface area contributed by atoms with Gasteiger partial charge in [0.15, 0.2) is 0 Å². The van der Waals surface area contributed by atoms with Gasteiger partial charge in [-0.05, 0) is 32.9 Å². The van der Waals surface area contributed by atoms with E-state index in [1.165, 1.54) is 0 Å². The number of nitrogens with one attached hydrogen (secondary N) is 1. The highest BCUT2D eigenvalue weighted by Gasteiger charge is 2.23. The fraction of sp³-hybridized carbons (Fsp3) is 0.615. The molecule has 1 aromatic rings. The molecule has 18 heavy (non-hydrogen) atoms. The fourth-order valence-corrected chi connectivity index (χ4v) is 2.30. The number of hydrogen-bond acceptors (Lipinski definition) is 2. The largest absolute Gasteiger partial charge is 0.341 e. The Bertz CT molecular complexity index is 403. The van der Waals surface area contributed by atoms with Gasteiger partial charge in [0.2, 0.25) is 0 Å². The molecule has 1 N–H and O–H groups in total. The van der Waals surface area contributed by atoms with E-state index in [1.54, 1.807) is 0 Å². The summed E-state index contributed by atoms with van der Waals surface area (Å²) in [6, 6.07) is 4.56. The van der Waals surface area contributed by atoms with E-state index in [9.17, 15) is 4.79 Å². The summed E-state index contributed by atoms with van der Waals surface area (Å²) in [5.41, 5.74) is 0.800. The standard InChI is InChI=1S/C13H21N3O.ClH/c1-10(2)16-7-4-5-12(16)13(17)15-8-6-14-11(3)9-15;/h4-5,7,10-11,14H,6,8-9H2,1-3H3;1H/t11-;/m1./s1. The van der Waals surface area contributed by atoms with Gasteiger partial charge >= 0.3 is 0 Å². The number of nitrogens with zero attached hydrogens (tertiary/aromatic N) is 2. The maximum Gasteiger partial charge on any atom is 0.270 e. The first-order valence-electron chi connectivity index (χ1n) is 6.29. The first kappa shape index (κ1) is 15.1. The van der Waals surface area contributed by atoms with Crippen molar-refractivity contribution in [1.29, 1.82) is 0 Å². The minimum atomic E-state index is 0. The average Bonchev–Trinajstić information content (AvgIpc) is 2.77. The molecule has 0 unspecified atom stereocenters. The van der Waals surface area contributed by atoms with Crippen molar-refractivity contribution >= 4 is 18.3 Å². The molecule has 102 valence electrons.